The first-order valence-electron chi connectivity index (χ1n) is 5.91. The van der Waals surface area contributed by atoms with Crippen molar-refractivity contribution in [2.24, 2.45) is 0 Å². The number of rotatable bonds is 3. The van der Waals surface area contributed by atoms with Crippen LogP contribution in [0.4, 0.5) is 0 Å². The zero-order valence-corrected chi connectivity index (χ0v) is 11.5. The third-order valence-electron chi connectivity index (χ3n) is 3.09. The molecule has 0 unspecified atom stereocenters. The lowest BCUT2D eigenvalue weighted by molar-refractivity contribution is 0.104. The topological polar surface area (TPSA) is 65.9 Å². The molecule has 2 heterocycles. The number of nitriles is 1. The number of aromatic amines is 1. The maximum atomic E-state index is 12.5. The number of ketones is 1. The molecule has 3 rings (SSSR count). The van der Waals surface area contributed by atoms with Gasteiger partial charge >= 0.3 is 0 Å². The van der Waals surface area contributed by atoms with E-state index in [1.807, 2.05) is 0 Å². The summed E-state index contributed by atoms with van der Waals surface area (Å²) in [6, 6.07) is 9.06. The summed E-state index contributed by atoms with van der Waals surface area (Å²) >= 11 is 1.35. The number of nitrogens with zero attached hydrogens (tertiary/aromatic N) is 1. The third kappa shape index (κ3) is 1.96. The number of fused-ring (bicyclic) bond motifs is 1. The lowest BCUT2D eigenvalue weighted by Gasteiger charge is -1.97. The molecule has 0 aliphatic rings. The molecule has 0 saturated carbocycles. The fourth-order valence-corrected chi connectivity index (χ4v) is 2.86. The normalized spacial score (nSPS) is 10.4. The summed E-state index contributed by atoms with van der Waals surface area (Å²) in [5, 5.41) is 11.5. The Bertz CT molecular complexity index is 839. The molecule has 2 aromatic heterocycles. The van der Waals surface area contributed by atoms with E-state index in [9.17, 15) is 4.79 Å². The first kappa shape index (κ1) is 12.5. The molecule has 0 aliphatic heterocycles. The van der Waals surface area contributed by atoms with Crippen LogP contribution in [0.1, 0.15) is 20.8 Å². The summed E-state index contributed by atoms with van der Waals surface area (Å²) in [5.41, 5.74) is 1.95. The van der Waals surface area contributed by atoms with Gasteiger partial charge in [0.1, 0.15) is 5.75 Å². The van der Waals surface area contributed by atoms with Gasteiger partial charge in [0.2, 0.25) is 5.78 Å². The highest BCUT2D eigenvalue weighted by molar-refractivity contribution is 7.12. The molecule has 20 heavy (non-hydrogen) atoms. The van der Waals surface area contributed by atoms with Crippen molar-refractivity contribution in [2.45, 2.75) is 0 Å². The van der Waals surface area contributed by atoms with Crippen LogP contribution in [0.3, 0.4) is 0 Å². The molecule has 4 nitrogen and oxygen atoms in total. The van der Waals surface area contributed by atoms with Gasteiger partial charge < -0.3 is 9.72 Å². The van der Waals surface area contributed by atoms with Crippen LogP contribution in [0.15, 0.2) is 35.8 Å². The molecule has 1 aromatic carbocycles. The molecule has 1 N–H and O–H groups in total. The van der Waals surface area contributed by atoms with Crippen molar-refractivity contribution in [3.8, 4) is 11.8 Å². The minimum atomic E-state index is -0.0698. The fourth-order valence-electron chi connectivity index (χ4n) is 2.06. The van der Waals surface area contributed by atoms with Crippen LogP contribution in [-0.2, 0) is 0 Å². The number of nitrogens with one attached hydrogen (secondary N) is 1. The number of benzene rings is 1. The van der Waals surface area contributed by atoms with Gasteiger partial charge in [0.05, 0.1) is 23.6 Å². The highest BCUT2D eigenvalue weighted by atomic mass is 32.1. The molecule has 0 aliphatic carbocycles. The molecular weight excluding hydrogens is 272 g/mol. The predicted octanol–water partition coefficient (Wildman–Crippen LogP) is 3.34. The number of hydrogen-bond acceptors (Lipinski definition) is 4. The molecule has 5 heteroatoms. The highest BCUT2D eigenvalue weighted by Crippen LogP contribution is 2.27. The van der Waals surface area contributed by atoms with E-state index in [2.05, 4.69) is 11.1 Å². The quantitative estimate of drug-likeness (QED) is 0.749. The van der Waals surface area contributed by atoms with Crippen molar-refractivity contribution < 1.29 is 9.53 Å². The van der Waals surface area contributed by atoms with Crippen molar-refractivity contribution in [3.05, 3.63) is 51.8 Å². The maximum absolute atomic E-state index is 12.5. The number of hydrogen-bond donors (Lipinski definition) is 1. The molecular formula is C15H10N2O2S. The summed E-state index contributed by atoms with van der Waals surface area (Å²) < 4.78 is 5.09. The molecule has 0 saturated heterocycles. The molecule has 0 amide bonds. The first-order valence-corrected chi connectivity index (χ1v) is 6.79. The smallest absolute Gasteiger partial charge is 0.205 e. The second-order valence-electron chi connectivity index (χ2n) is 4.25. The van der Waals surface area contributed by atoms with Crippen LogP contribution in [0.25, 0.3) is 10.9 Å². The number of ether oxygens (including phenoxy) is 1. The molecule has 0 bridgehead atoms. The number of thiophene rings is 1. The van der Waals surface area contributed by atoms with Crippen molar-refractivity contribution in [3.63, 3.8) is 0 Å². The minimum Gasteiger partial charge on any atom is -0.496 e. The van der Waals surface area contributed by atoms with Gasteiger partial charge in [0.25, 0.3) is 0 Å². The van der Waals surface area contributed by atoms with Crippen LogP contribution in [0.5, 0.6) is 5.75 Å². The summed E-state index contributed by atoms with van der Waals surface area (Å²) in [6.45, 7) is 0. The SMILES string of the molecule is COc1csc(C(=O)c2c[nH]c3ccc(C#N)cc23)c1. The summed E-state index contributed by atoms with van der Waals surface area (Å²) in [5.74, 6) is 0.607. The van der Waals surface area contributed by atoms with Crippen LogP contribution in [-0.4, -0.2) is 17.9 Å². The number of methoxy groups -OCH3 is 1. The molecule has 98 valence electrons. The van der Waals surface area contributed by atoms with E-state index in [0.29, 0.717) is 21.8 Å². The Kier molecular flexibility index (Phi) is 3.01. The lowest BCUT2D eigenvalue weighted by Crippen LogP contribution is -1.97. The van der Waals surface area contributed by atoms with E-state index in [4.69, 9.17) is 10.00 Å². The number of carbonyl (C=O) groups is 1. The third-order valence-corrected chi connectivity index (χ3v) is 4.00. The van der Waals surface area contributed by atoms with Crippen molar-refractivity contribution in [2.75, 3.05) is 7.11 Å². The Morgan fingerprint density at radius 3 is 2.95 bits per heavy atom. The van der Waals surface area contributed by atoms with Crippen LogP contribution in [0, 0.1) is 11.3 Å². The van der Waals surface area contributed by atoms with Crippen LogP contribution >= 0.6 is 11.3 Å². The van der Waals surface area contributed by atoms with Gasteiger partial charge in [-0.2, -0.15) is 5.26 Å². The van der Waals surface area contributed by atoms with E-state index in [1.165, 1.54) is 11.3 Å². The fraction of sp³-hybridized carbons (Fsp3) is 0.0667. The van der Waals surface area contributed by atoms with Crippen LogP contribution in [0.2, 0.25) is 0 Å². The summed E-state index contributed by atoms with van der Waals surface area (Å²) in [7, 11) is 1.57. The molecule has 0 fully saturated rings. The number of carbonyl (C=O) groups excluding carboxylic acids is 1. The standard InChI is InChI=1S/C15H10N2O2S/c1-19-10-5-14(20-8-10)15(18)12-7-17-13-3-2-9(6-16)4-11(12)13/h2-5,7-8,17H,1H3. The van der Waals surface area contributed by atoms with Crippen molar-refractivity contribution >= 4 is 28.0 Å². The van der Waals surface area contributed by atoms with Gasteiger partial charge in [-0.1, -0.05) is 0 Å². The van der Waals surface area contributed by atoms with Gasteiger partial charge in [-0.15, -0.1) is 11.3 Å². The van der Waals surface area contributed by atoms with Gasteiger partial charge in [-0.25, -0.2) is 0 Å². The second-order valence-corrected chi connectivity index (χ2v) is 5.17. The zero-order chi connectivity index (χ0) is 14.1. The van der Waals surface area contributed by atoms with Crippen molar-refractivity contribution in [1.29, 1.82) is 5.26 Å². The van der Waals surface area contributed by atoms with E-state index in [-0.39, 0.29) is 5.78 Å². The lowest BCUT2D eigenvalue weighted by atomic mass is 10.1. The predicted molar refractivity (Wildman–Crippen MR) is 77.3 cm³/mol. The van der Waals surface area contributed by atoms with E-state index in [1.54, 1.807) is 43.0 Å². The zero-order valence-electron chi connectivity index (χ0n) is 10.6. The van der Waals surface area contributed by atoms with E-state index < -0.39 is 0 Å². The van der Waals surface area contributed by atoms with Crippen molar-refractivity contribution in [1.82, 2.24) is 4.98 Å². The number of aromatic nitrogens is 1. The summed E-state index contributed by atoms with van der Waals surface area (Å²) in [6.07, 6.45) is 1.68. The molecule has 0 radical (unpaired) electrons. The Hall–Kier alpha value is -2.58. The maximum Gasteiger partial charge on any atom is 0.205 e. The molecule has 0 atom stereocenters. The van der Waals surface area contributed by atoms with E-state index >= 15 is 0 Å². The first-order chi connectivity index (χ1) is 9.72. The molecule has 3 aromatic rings. The van der Waals surface area contributed by atoms with Gasteiger partial charge in [-0.3, -0.25) is 4.79 Å². The average Bonchev–Trinajstić information content (AvgIpc) is 3.12. The Morgan fingerprint density at radius 2 is 2.25 bits per heavy atom. The largest absolute Gasteiger partial charge is 0.496 e. The monoisotopic (exact) mass is 282 g/mol. The van der Waals surface area contributed by atoms with Crippen LogP contribution < -0.4 is 4.74 Å². The Balaban J connectivity index is 2.09. The Labute approximate surface area is 119 Å². The minimum absolute atomic E-state index is 0.0698. The van der Waals surface area contributed by atoms with Gasteiger partial charge in [0, 0.05) is 34.1 Å². The van der Waals surface area contributed by atoms with Gasteiger partial charge in [-0.05, 0) is 18.2 Å². The molecule has 0 spiro atoms. The highest BCUT2D eigenvalue weighted by Gasteiger charge is 2.16. The average molecular weight is 282 g/mol. The van der Waals surface area contributed by atoms with Gasteiger partial charge in [0.15, 0.2) is 0 Å². The number of H-pyrrole nitrogens is 1. The summed E-state index contributed by atoms with van der Waals surface area (Å²) in [4.78, 5) is 16.2. The second kappa shape index (κ2) is 4.83. The van der Waals surface area contributed by atoms with E-state index in [0.717, 1.165) is 10.9 Å². The Morgan fingerprint density at radius 1 is 1.40 bits per heavy atom.